The van der Waals surface area contributed by atoms with Crippen molar-refractivity contribution in [3.05, 3.63) is 59.3 Å². The first kappa shape index (κ1) is 18.2. The number of carbonyl (C=O) groups is 1. The fourth-order valence-electron chi connectivity index (χ4n) is 3.60. The number of nitrogens with two attached hydrogens (primary N) is 2. The second-order valence-electron chi connectivity index (χ2n) is 6.77. The maximum absolute atomic E-state index is 12.1. The van der Waals surface area contributed by atoms with E-state index < -0.39 is 15.7 Å². The number of hydrogen-bond acceptors (Lipinski definition) is 5. The van der Waals surface area contributed by atoms with E-state index in [1.165, 1.54) is 0 Å². The second-order valence-corrected chi connectivity index (χ2v) is 9.04. The molecule has 0 saturated heterocycles. The smallest absolute Gasteiger partial charge is 0.269 e. The third-order valence-corrected chi connectivity index (χ3v) is 6.82. The summed E-state index contributed by atoms with van der Waals surface area (Å²) in [4.78, 5) is 12.2. The molecule has 28 heavy (non-hydrogen) atoms. The van der Waals surface area contributed by atoms with Gasteiger partial charge in [-0.15, -0.1) is 0 Å². The summed E-state index contributed by atoms with van der Waals surface area (Å²) in [6.07, 6.45) is 1.41. The average molecular weight is 396 g/mol. The summed E-state index contributed by atoms with van der Waals surface area (Å²) in [6, 6.07) is 12.2. The molecule has 0 fully saturated rings. The van der Waals surface area contributed by atoms with Crippen molar-refractivity contribution in [3.63, 3.8) is 0 Å². The Kier molecular flexibility index (Phi) is 4.23. The second kappa shape index (κ2) is 6.49. The molecule has 1 aliphatic rings. The highest BCUT2D eigenvalue weighted by molar-refractivity contribution is 7.91. The van der Waals surface area contributed by atoms with Gasteiger partial charge in [-0.05, 0) is 54.8 Å². The zero-order valence-corrected chi connectivity index (χ0v) is 16.2. The van der Waals surface area contributed by atoms with Gasteiger partial charge >= 0.3 is 0 Å². The number of aryl methyl sites for hydroxylation is 1. The number of anilines is 1. The Morgan fingerprint density at radius 3 is 2.50 bits per heavy atom. The van der Waals surface area contributed by atoms with E-state index in [4.69, 9.17) is 11.5 Å². The normalized spacial score (nSPS) is 13.0. The number of nitrogens with zero attached hydrogens (tertiary/aromatic N) is 2. The minimum absolute atomic E-state index is 0.0298. The van der Waals surface area contributed by atoms with Gasteiger partial charge in [-0.2, -0.15) is 5.10 Å². The van der Waals surface area contributed by atoms with Gasteiger partial charge in [-0.25, -0.2) is 13.1 Å². The van der Waals surface area contributed by atoms with Gasteiger partial charge < -0.3 is 11.5 Å². The highest BCUT2D eigenvalue weighted by Crippen LogP contribution is 2.38. The standard InChI is InChI=1S/C20H20N4O3S/c1-2-28(26,27)15-8-6-14(7-9-15)24-19-16(18(23-24)20(22)25)10-4-12-3-5-13(21)11-17(12)19/h3,5-9,11H,2,4,10,21H2,1H3,(H2,22,25). The van der Waals surface area contributed by atoms with Crippen molar-refractivity contribution < 1.29 is 13.2 Å². The maximum atomic E-state index is 12.1. The van der Waals surface area contributed by atoms with Crippen LogP contribution in [-0.2, 0) is 22.7 Å². The lowest BCUT2D eigenvalue weighted by molar-refractivity contribution is 0.0994. The molecule has 0 radical (unpaired) electrons. The largest absolute Gasteiger partial charge is 0.399 e. The fourth-order valence-corrected chi connectivity index (χ4v) is 4.49. The van der Waals surface area contributed by atoms with Crippen LogP contribution in [-0.4, -0.2) is 29.9 Å². The molecule has 0 spiro atoms. The van der Waals surface area contributed by atoms with Crippen LogP contribution in [0.2, 0.25) is 0 Å². The van der Waals surface area contributed by atoms with Gasteiger partial charge in [0, 0.05) is 16.8 Å². The Balaban J connectivity index is 1.93. The predicted octanol–water partition coefficient (Wildman–Crippen LogP) is 2.11. The molecule has 0 atom stereocenters. The molecule has 0 saturated carbocycles. The molecule has 0 aliphatic heterocycles. The summed E-state index contributed by atoms with van der Waals surface area (Å²) in [7, 11) is -3.30. The highest BCUT2D eigenvalue weighted by atomic mass is 32.2. The predicted molar refractivity (Wildman–Crippen MR) is 107 cm³/mol. The van der Waals surface area contributed by atoms with Crippen LogP contribution in [0.4, 0.5) is 5.69 Å². The van der Waals surface area contributed by atoms with Crippen molar-refractivity contribution in [2.45, 2.75) is 24.7 Å². The van der Waals surface area contributed by atoms with Gasteiger partial charge in [-0.3, -0.25) is 4.79 Å². The van der Waals surface area contributed by atoms with Crippen molar-refractivity contribution in [2.24, 2.45) is 5.73 Å². The molecule has 4 N–H and O–H groups in total. The summed E-state index contributed by atoms with van der Waals surface area (Å²) in [5, 5.41) is 4.45. The van der Waals surface area contributed by atoms with Crippen LogP contribution < -0.4 is 11.5 Å². The molecule has 144 valence electrons. The Hall–Kier alpha value is -3.13. The number of hydrogen-bond donors (Lipinski definition) is 2. The Morgan fingerprint density at radius 2 is 1.86 bits per heavy atom. The SMILES string of the molecule is CCS(=O)(=O)c1ccc(-n2nc(C(N)=O)c3c2-c2cc(N)ccc2CC3)cc1. The van der Waals surface area contributed by atoms with Crippen molar-refractivity contribution in [1.29, 1.82) is 0 Å². The lowest BCUT2D eigenvalue weighted by atomic mass is 9.88. The van der Waals surface area contributed by atoms with Crippen LogP contribution in [0, 0.1) is 0 Å². The maximum Gasteiger partial charge on any atom is 0.269 e. The molecule has 3 aromatic rings. The number of nitrogen functional groups attached to an aromatic ring is 1. The van der Waals surface area contributed by atoms with Crippen LogP contribution in [0.5, 0.6) is 0 Å². The van der Waals surface area contributed by atoms with E-state index in [0.717, 1.165) is 28.8 Å². The van der Waals surface area contributed by atoms with Crippen LogP contribution >= 0.6 is 0 Å². The van der Waals surface area contributed by atoms with Gasteiger partial charge in [0.2, 0.25) is 0 Å². The zero-order chi connectivity index (χ0) is 20.1. The topological polar surface area (TPSA) is 121 Å². The van der Waals surface area contributed by atoms with Crippen LogP contribution in [0.15, 0.2) is 47.4 Å². The number of aromatic nitrogens is 2. The Morgan fingerprint density at radius 1 is 1.14 bits per heavy atom. The van der Waals surface area contributed by atoms with Gasteiger partial charge in [0.1, 0.15) is 0 Å². The third-order valence-electron chi connectivity index (χ3n) is 5.07. The minimum atomic E-state index is -3.30. The van der Waals surface area contributed by atoms with Crippen molar-refractivity contribution >= 4 is 21.4 Å². The lowest BCUT2D eigenvalue weighted by Gasteiger charge is -2.19. The van der Waals surface area contributed by atoms with Crippen molar-refractivity contribution in [3.8, 4) is 16.9 Å². The number of fused-ring (bicyclic) bond motifs is 3. The van der Waals surface area contributed by atoms with E-state index in [1.54, 1.807) is 35.9 Å². The molecular weight excluding hydrogens is 376 g/mol. The summed E-state index contributed by atoms with van der Waals surface area (Å²) in [6.45, 7) is 1.60. The van der Waals surface area contributed by atoms with Gasteiger partial charge in [-0.1, -0.05) is 13.0 Å². The first-order valence-corrected chi connectivity index (χ1v) is 10.6. The van der Waals surface area contributed by atoms with Crippen molar-refractivity contribution in [1.82, 2.24) is 9.78 Å². The zero-order valence-electron chi connectivity index (χ0n) is 15.3. The molecule has 2 aromatic carbocycles. The van der Waals surface area contributed by atoms with E-state index in [-0.39, 0.29) is 16.3 Å². The van der Waals surface area contributed by atoms with Crippen LogP contribution in [0.1, 0.15) is 28.5 Å². The average Bonchev–Trinajstić information content (AvgIpc) is 3.08. The summed E-state index contributed by atoms with van der Waals surface area (Å²) in [5.74, 6) is -0.560. The number of rotatable bonds is 4. The van der Waals surface area contributed by atoms with Crippen LogP contribution in [0.25, 0.3) is 16.9 Å². The Bertz CT molecular complexity index is 1190. The quantitative estimate of drug-likeness (QED) is 0.654. The minimum Gasteiger partial charge on any atom is -0.399 e. The summed E-state index contributed by atoms with van der Waals surface area (Å²) < 4.78 is 25.8. The number of primary amides is 1. The summed E-state index contributed by atoms with van der Waals surface area (Å²) >= 11 is 0. The van der Waals surface area contributed by atoms with Crippen LogP contribution in [0.3, 0.4) is 0 Å². The molecular formula is C20H20N4O3S. The summed E-state index contributed by atoms with van der Waals surface area (Å²) in [5.41, 5.74) is 16.6. The molecule has 1 amide bonds. The molecule has 8 heteroatoms. The van der Waals surface area contributed by atoms with E-state index in [1.807, 2.05) is 18.2 Å². The van der Waals surface area contributed by atoms with Gasteiger partial charge in [0.05, 0.1) is 22.0 Å². The molecule has 1 heterocycles. The lowest BCUT2D eigenvalue weighted by Crippen LogP contribution is -2.15. The fraction of sp³-hybridized carbons (Fsp3) is 0.200. The number of amides is 1. The van der Waals surface area contributed by atoms with E-state index in [0.29, 0.717) is 17.8 Å². The van der Waals surface area contributed by atoms with Crippen molar-refractivity contribution in [2.75, 3.05) is 11.5 Å². The number of benzene rings is 2. The molecule has 0 unspecified atom stereocenters. The number of carbonyl (C=O) groups excluding carboxylic acids is 1. The monoisotopic (exact) mass is 396 g/mol. The molecule has 1 aromatic heterocycles. The van der Waals surface area contributed by atoms with E-state index in [9.17, 15) is 13.2 Å². The third kappa shape index (κ3) is 2.86. The van der Waals surface area contributed by atoms with Gasteiger partial charge in [0.25, 0.3) is 5.91 Å². The molecule has 7 nitrogen and oxygen atoms in total. The highest BCUT2D eigenvalue weighted by Gasteiger charge is 2.28. The number of sulfone groups is 1. The van der Waals surface area contributed by atoms with E-state index >= 15 is 0 Å². The molecule has 4 rings (SSSR count). The Labute approximate surface area is 162 Å². The van der Waals surface area contributed by atoms with Gasteiger partial charge in [0.15, 0.2) is 15.5 Å². The first-order chi connectivity index (χ1) is 13.3. The van der Waals surface area contributed by atoms with E-state index in [2.05, 4.69) is 5.10 Å². The molecule has 1 aliphatic carbocycles. The molecule has 0 bridgehead atoms. The first-order valence-electron chi connectivity index (χ1n) is 8.95.